The molecule has 0 atom stereocenters. The molecule has 2 rings (SSSR count). The highest BCUT2D eigenvalue weighted by atomic mass is 35.5. The minimum absolute atomic E-state index is 0.256. The smallest absolute Gasteiger partial charge is 0.377 e. The molecule has 1 aromatic heterocycles. The van der Waals surface area contributed by atoms with E-state index in [2.05, 4.69) is 10.4 Å². The lowest BCUT2D eigenvalue weighted by Gasteiger charge is -2.10. The number of amides is 1. The number of nitrogens with zero attached hydrogens (tertiary/aromatic N) is 5. The molecule has 0 saturated carbocycles. The molecule has 22 heavy (non-hydrogen) atoms. The summed E-state index contributed by atoms with van der Waals surface area (Å²) in [5.41, 5.74) is -0.479. The van der Waals surface area contributed by atoms with Crippen LogP contribution in [-0.2, 0) is 0 Å². The highest BCUT2D eigenvalue weighted by Crippen LogP contribution is 2.33. The molecule has 0 fully saturated rings. The molecule has 0 radical (unpaired) electrons. The first-order chi connectivity index (χ1) is 10.4. The molecule has 0 bridgehead atoms. The zero-order valence-corrected chi connectivity index (χ0v) is 13.2. The minimum atomic E-state index is -0.735. The molecule has 1 amide bonds. The normalized spacial score (nSPS) is 10.4. The number of ether oxygens (including phenoxy) is 2. The van der Waals surface area contributed by atoms with Gasteiger partial charge in [-0.15, -0.1) is 4.68 Å². The van der Waals surface area contributed by atoms with Gasteiger partial charge in [0, 0.05) is 26.2 Å². The van der Waals surface area contributed by atoms with Crippen molar-refractivity contribution >= 4 is 17.6 Å². The number of halogens is 1. The van der Waals surface area contributed by atoms with E-state index < -0.39 is 11.7 Å². The number of hydrogen-bond donors (Lipinski definition) is 0. The highest BCUT2D eigenvalue weighted by Gasteiger charge is 2.20. The van der Waals surface area contributed by atoms with Crippen molar-refractivity contribution < 1.29 is 14.3 Å². The average Bonchev–Trinajstić information content (AvgIpc) is 2.87. The Bertz CT molecular complexity index is 767. The second-order valence-corrected chi connectivity index (χ2v) is 4.83. The number of methoxy groups -OCH3 is 2. The molecule has 10 heteroatoms. The SMILES string of the molecule is COc1cc(-n2nnn(C(=O)N(C)C)c2=O)c(OC)cc1Cl. The van der Waals surface area contributed by atoms with E-state index in [4.69, 9.17) is 21.1 Å². The number of hydrogen-bond acceptors (Lipinski definition) is 6. The maximum absolute atomic E-state index is 12.3. The van der Waals surface area contributed by atoms with Gasteiger partial charge in [0.15, 0.2) is 0 Å². The van der Waals surface area contributed by atoms with E-state index in [0.29, 0.717) is 15.5 Å². The lowest BCUT2D eigenvalue weighted by atomic mass is 10.2. The van der Waals surface area contributed by atoms with Crippen LogP contribution in [0.3, 0.4) is 0 Å². The van der Waals surface area contributed by atoms with E-state index in [1.54, 1.807) is 0 Å². The zero-order chi connectivity index (χ0) is 16.4. The van der Waals surface area contributed by atoms with E-state index in [1.807, 2.05) is 0 Å². The second kappa shape index (κ2) is 6.06. The molecule has 2 aromatic rings. The van der Waals surface area contributed by atoms with Crippen molar-refractivity contribution in [1.29, 1.82) is 0 Å². The van der Waals surface area contributed by atoms with Crippen LogP contribution in [0.25, 0.3) is 5.69 Å². The molecule has 0 aliphatic carbocycles. The van der Waals surface area contributed by atoms with E-state index in [1.165, 1.54) is 45.3 Å². The van der Waals surface area contributed by atoms with Gasteiger partial charge in [0.05, 0.1) is 19.2 Å². The second-order valence-electron chi connectivity index (χ2n) is 4.42. The van der Waals surface area contributed by atoms with Crippen LogP contribution >= 0.6 is 11.6 Å². The van der Waals surface area contributed by atoms with Crippen LogP contribution in [0, 0.1) is 0 Å². The van der Waals surface area contributed by atoms with Gasteiger partial charge in [-0.25, -0.2) is 9.59 Å². The Morgan fingerprint density at radius 2 is 1.82 bits per heavy atom. The van der Waals surface area contributed by atoms with Gasteiger partial charge in [-0.3, -0.25) is 0 Å². The first-order valence-corrected chi connectivity index (χ1v) is 6.47. The molecular weight excluding hydrogens is 314 g/mol. The Balaban J connectivity index is 2.63. The summed E-state index contributed by atoms with van der Waals surface area (Å²) in [7, 11) is 5.86. The summed E-state index contributed by atoms with van der Waals surface area (Å²) in [6.07, 6.45) is 0. The van der Waals surface area contributed by atoms with Crippen molar-refractivity contribution in [1.82, 2.24) is 24.7 Å². The average molecular weight is 328 g/mol. The van der Waals surface area contributed by atoms with Crippen molar-refractivity contribution in [2.75, 3.05) is 28.3 Å². The fraction of sp³-hybridized carbons (Fsp3) is 0.333. The standard InChI is InChI=1S/C12H14ClN5O4/c1-16(2)11(19)18-12(20)17(14-15-18)8-6-9(21-3)7(13)5-10(8)22-4/h5-6H,1-4H3. The van der Waals surface area contributed by atoms with E-state index >= 15 is 0 Å². The summed E-state index contributed by atoms with van der Waals surface area (Å²) in [5, 5.41) is 7.57. The fourth-order valence-corrected chi connectivity index (χ4v) is 1.95. The summed E-state index contributed by atoms with van der Waals surface area (Å²) in [6, 6.07) is 2.34. The lowest BCUT2D eigenvalue weighted by Crippen LogP contribution is -2.36. The van der Waals surface area contributed by atoms with Gasteiger partial charge in [-0.1, -0.05) is 11.6 Å². The largest absolute Gasteiger partial charge is 0.495 e. The monoisotopic (exact) mass is 327 g/mol. The Morgan fingerprint density at radius 3 is 2.36 bits per heavy atom. The van der Waals surface area contributed by atoms with Crippen LogP contribution in [0.2, 0.25) is 5.02 Å². The van der Waals surface area contributed by atoms with Crippen LogP contribution in [-0.4, -0.2) is 59.0 Å². The maximum Gasteiger partial charge on any atom is 0.377 e. The highest BCUT2D eigenvalue weighted by molar-refractivity contribution is 6.32. The molecular formula is C12H14ClN5O4. The van der Waals surface area contributed by atoms with Crippen molar-refractivity contribution in [3.05, 3.63) is 27.6 Å². The predicted molar refractivity (Wildman–Crippen MR) is 78.2 cm³/mol. The fourth-order valence-electron chi connectivity index (χ4n) is 1.72. The molecule has 0 aliphatic heterocycles. The van der Waals surface area contributed by atoms with Crippen molar-refractivity contribution in [2.24, 2.45) is 0 Å². The van der Waals surface area contributed by atoms with Crippen LogP contribution in [0.15, 0.2) is 16.9 Å². The summed E-state index contributed by atoms with van der Waals surface area (Å²) in [6.45, 7) is 0. The molecule has 0 spiro atoms. The minimum Gasteiger partial charge on any atom is -0.495 e. The number of carbonyl (C=O) groups is 1. The quantitative estimate of drug-likeness (QED) is 0.768. The van der Waals surface area contributed by atoms with Crippen LogP contribution < -0.4 is 15.2 Å². The third-order valence-corrected chi connectivity index (χ3v) is 3.12. The number of rotatable bonds is 3. The number of carbonyl (C=O) groups excluding carboxylic acids is 1. The Kier molecular flexibility index (Phi) is 4.36. The Labute approximate surface area is 130 Å². The summed E-state index contributed by atoms with van der Waals surface area (Å²) < 4.78 is 11.9. The van der Waals surface area contributed by atoms with Gasteiger partial charge in [0.25, 0.3) is 0 Å². The lowest BCUT2D eigenvalue weighted by molar-refractivity contribution is 0.214. The topological polar surface area (TPSA) is 91.5 Å². The zero-order valence-electron chi connectivity index (χ0n) is 12.4. The van der Waals surface area contributed by atoms with Crippen molar-refractivity contribution in [3.8, 4) is 17.2 Å². The van der Waals surface area contributed by atoms with Gasteiger partial charge in [0.2, 0.25) is 0 Å². The molecule has 0 unspecified atom stereocenters. The first-order valence-electron chi connectivity index (χ1n) is 6.09. The van der Waals surface area contributed by atoms with Crippen LogP contribution in [0.1, 0.15) is 0 Å². The molecule has 1 aromatic carbocycles. The van der Waals surface area contributed by atoms with Gasteiger partial charge in [-0.05, 0) is 10.4 Å². The summed E-state index contributed by atoms with van der Waals surface area (Å²) in [5.74, 6) is 0.620. The molecule has 1 heterocycles. The van der Waals surface area contributed by atoms with E-state index in [0.717, 1.165) is 4.68 Å². The van der Waals surface area contributed by atoms with Crippen LogP contribution in [0.5, 0.6) is 11.5 Å². The molecule has 0 N–H and O–H groups in total. The van der Waals surface area contributed by atoms with Crippen molar-refractivity contribution in [2.45, 2.75) is 0 Å². The Morgan fingerprint density at radius 1 is 1.18 bits per heavy atom. The summed E-state index contributed by atoms with van der Waals surface area (Å²) in [4.78, 5) is 25.3. The van der Waals surface area contributed by atoms with Gasteiger partial charge >= 0.3 is 11.7 Å². The number of benzene rings is 1. The molecule has 118 valence electrons. The van der Waals surface area contributed by atoms with Crippen LogP contribution in [0.4, 0.5) is 4.79 Å². The first kappa shape index (κ1) is 15.8. The molecule has 9 nitrogen and oxygen atoms in total. The van der Waals surface area contributed by atoms with Gasteiger partial charge in [-0.2, -0.15) is 4.68 Å². The number of aromatic nitrogens is 4. The maximum atomic E-state index is 12.3. The number of tetrazole rings is 1. The third kappa shape index (κ3) is 2.62. The Hall–Kier alpha value is -2.55. The third-order valence-electron chi connectivity index (χ3n) is 2.83. The summed E-state index contributed by atoms with van der Waals surface area (Å²) >= 11 is 6.01. The predicted octanol–water partition coefficient (Wildman–Crippen LogP) is 0.629. The van der Waals surface area contributed by atoms with Crippen molar-refractivity contribution in [3.63, 3.8) is 0 Å². The molecule has 0 aliphatic rings. The van der Waals surface area contributed by atoms with E-state index in [9.17, 15) is 9.59 Å². The van der Waals surface area contributed by atoms with Gasteiger partial charge in [0.1, 0.15) is 17.2 Å². The van der Waals surface area contributed by atoms with Gasteiger partial charge < -0.3 is 14.4 Å². The molecule has 0 saturated heterocycles. The van der Waals surface area contributed by atoms with E-state index in [-0.39, 0.29) is 11.4 Å².